The van der Waals surface area contributed by atoms with Crippen molar-refractivity contribution in [2.45, 2.75) is 19.4 Å². The van der Waals surface area contributed by atoms with Gasteiger partial charge in [0.25, 0.3) is 5.91 Å². The van der Waals surface area contributed by atoms with Crippen molar-refractivity contribution in [2.24, 2.45) is 0 Å². The van der Waals surface area contributed by atoms with Crippen molar-refractivity contribution in [3.63, 3.8) is 0 Å². The van der Waals surface area contributed by atoms with Crippen LogP contribution >= 0.6 is 0 Å². The van der Waals surface area contributed by atoms with Gasteiger partial charge in [0.15, 0.2) is 6.61 Å². The van der Waals surface area contributed by atoms with Gasteiger partial charge in [-0.25, -0.2) is 0 Å². The van der Waals surface area contributed by atoms with Gasteiger partial charge in [0.05, 0.1) is 6.61 Å². The Bertz CT molecular complexity index is 389. The lowest BCUT2D eigenvalue weighted by atomic mass is 10.1. The van der Waals surface area contributed by atoms with E-state index in [9.17, 15) is 4.79 Å². The predicted octanol–water partition coefficient (Wildman–Crippen LogP) is 1.50. The van der Waals surface area contributed by atoms with Crippen molar-refractivity contribution < 1.29 is 14.3 Å². The summed E-state index contributed by atoms with van der Waals surface area (Å²) in [6.45, 7) is 3.16. The Hall–Kier alpha value is -1.59. The van der Waals surface area contributed by atoms with Crippen LogP contribution in [0.15, 0.2) is 24.3 Å². The maximum Gasteiger partial charge on any atom is 0.258 e. The molecule has 1 atom stereocenters. The molecule has 0 saturated carbocycles. The monoisotopic (exact) mass is 280 g/mol. The Kier molecular flexibility index (Phi) is 7.69. The zero-order valence-electron chi connectivity index (χ0n) is 12.4. The lowest BCUT2D eigenvalue weighted by molar-refractivity contribution is -0.123. The summed E-state index contributed by atoms with van der Waals surface area (Å²) < 4.78 is 10.3. The highest BCUT2D eigenvalue weighted by Crippen LogP contribution is 2.19. The highest BCUT2D eigenvalue weighted by Gasteiger charge is 2.07. The normalized spacial score (nSPS) is 11.9. The fourth-order valence-corrected chi connectivity index (χ4v) is 1.90. The molecular formula is C15H24N2O3. The average molecular weight is 280 g/mol. The van der Waals surface area contributed by atoms with Gasteiger partial charge in [-0.1, -0.05) is 19.1 Å². The minimum Gasteiger partial charge on any atom is -0.484 e. The molecule has 0 bridgehead atoms. The van der Waals surface area contributed by atoms with Crippen LogP contribution in [-0.4, -0.2) is 39.8 Å². The number of nitrogens with one attached hydrogen (secondary N) is 2. The number of rotatable bonds is 9. The van der Waals surface area contributed by atoms with Crippen molar-refractivity contribution in [1.82, 2.24) is 10.6 Å². The Morgan fingerprint density at radius 1 is 1.30 bits per heavy atom. The van der Waals surface area contributed by atoms with Crippen molar-refractivity contribution >= 4 is 5.91 Å². The molecule has 1 aromatic rings. The number of carbonyl (C=O) groups is 1. The number of hydrogen-bond donors (Lipinski definition) is 2. The van der Waals surface area contributed by atoms with Gasteiger partial charge in [0, 0.05) is 19.7 Å². The Morgan fingerprint density at radius 3 is 2.55 bits per heavy atom. The molecule has 5 nitrogen and oxygen atoms in total. The molecule has 0 aromatic heterocycles. The van der Waals surface area contributed by atoms with Crippen molar-refractivity contribution in [3.8, 4) is 5.75 Å². The zero-order valence-corrected chi connectivity index (χ0v) is 12.4. The summed E-state index contributed by atoms with van der Waals surface area (Å²) in [5.41, 5.74) is 1.21. The highest BCUT2D eigenvalue weighted by atomic mass is 16.5. The molecule has 0 fully saturated rings. The summed E-state index contributed by atoms with van der Waals surface area (Å²) >= 11 is 0. The van der Waals surface area contributed by atoms with Crippen molar-refractivity contribution in [3.05, 3.63) is 29.8 Å². The fourth-order valence-electron chi connectivity index (χ4n) is 1.90. The molecule has 0 spiro atoms. The van der Waals surface area contributed by atoms with E-state index in [1.54, 1.807) is 7.11 Å². The van der Waals surface area contributed by atoms with E-state index in [1.165, 1.54) is 5.56 Å². The van der Waals surface area contributed by atoms with E-state index in [4.69, 9.17) is 9.47 Å². The van der Waals surface area contributed by atoms with E-state index in [-0.39, 0.29) is 12.5 Å². The minimum absolute atomic E-state index is 0.0201. The van der Waals surface area contributed by atoms with Crippen LogP contribution in [0.25, 0.3) is 0 Å². The molecule has 2 N–H and O–H groups in total. The number of hydrogen-bond acceptors (Lipinski definition) is 4. The lowest BCUT2D eigenvalue weighted by Crippen LogP contribution is -2.31. The second-order valence-electron chi connectivity index (χ2n) is 4.45. The van der Waals surface area contributed by atoms with Crippen molar-refractivity contribution in [2.75, 3.05) is 33.9 Å². The third kappa shape index (κ3) is 5.59. The molecule has 0 aliphatic rings. The summed E-state index contributed by atoms with van der Waals surface area (Å²) in [5.74, 6) is 0.550. The minimum atomic E-state index is -0.146. The van der Waals surface area contributed by atoms with Gasteiger partial charge < -0.3 is 20.1 Å². The molecule has 1 unspecified atom stereocenters. The van der Waals surface area contributed by atoms with Gasteiger partial charge in [-0.15, -0.1) is 0 Å². The third-order valence-corrected chi connectivity index (χ3v) is 3.04. The van der Waals surface area contributed by atoms with Crippen LogP contribution in [0.4, 0.5) is 0 Å². The maximum atomic E-state index is 11.5. The molecule has 1 rings (SSSR count). The number of methoxy groups -OCH3 is 1. The van der Waals surface area contributed by atoms with E-state index in [0.717, 1.165) is 6.42 Å². The number of ether oxygens (including phenoxy) is 2. The van der Waals surface area contributed by atoms with E-state index < -0.39 is 0 Å². The molecule has 0 saturated heterocycles. The summed E-state index contributed by atoms with van der Waals surface area (Å²) in [7, 11) is 3.54. The van der Waals surface area contributed by atoms with Crippen LogP contribution < -0.4 is 15.4 Å². The van der Waals surface area contributed by atoms with E-state index >= 15 is 0 Å². The fraction of sp³-hybridized carbons (Fsp3) is 0.533. The van der Waals surface area contributed by atoms with E-state index in [0.29, 0.717) is 24.9 Å². The van der Waals surface area contributed by atoms with Gasteiger partial charge in [-0.2, -0.15) is 0 Å². The summed E-state index contributed by atoms with van der Waals surface area (Å²) in [5, 5.41) is 5.95. The summed E-state index contributed by atoms with van der Waals surface area (Å²) in [4.78, 5) is 11.5. The summed E-state index contributed by atoms with van der Waals surface area (Å²) in [6, 6.07) is 8.16. The van der Waals surface area contributed by atoms with Crippen molar-refractivity contribution in [1.29, 1.82) is 0 Å². The van der Waals surface area contributed by atoms with Gasteiger partial charge >= 0.3 is 0 Å². The largest absolute Gasteiger partial charge is 0.484 e. The average Bonchev–Trinajstić information content (AvgIpc) is 2.48. The topological polar surface area (TPSA) is 59.6 Å². The molecule has 112 valence electrons. The highest BCUT2D eigenvalue weighted by molar-refractivity contribution is 5.77. The predicted molar refractivity (Wildman–Crippen MR) is 78.9 cm³/mol. The van der Waals surface area contributed by atoms with Gasteiger partial charge in [-0.05, 0) is 31.2 Å². The summed E-state index contributed by atoms with van der Waals surface area (Å²) in [6.07, 6.45) is 1.03. The van der Waals surface area contributed by atoms with Crippen LogP contribution in [0.1, 0.15) is 24.9 Å². The first-order chi connectivity index (χ1) is 9.71. The molecule has 1 amide bonds. The first kappa shape index (κ1) is 16.5. The standard InChI is InChI=1S/C15H24N2O3/c1-4-14(16-2)12-5-7-13(8-6-12)20-11-15(18)17-9-10-19-3/h5-8,14,16H,4,9-11H2,1-3H3,(H,17,18). The van der Waals surface area contributed by atoms with E-state index in [2.05, 4.69) is 17.6 Å². The Labute approximate surface area is 120 Å². The lowest BCUT2D eigenvalue weighted by Gasteiger charge is -2.14. The van der Waals surface area contributed by atoms with Gasteiger partial charge in [-0.3, -0.25) is 4.79 Å². The molecule has 0 aliphatic heterocycles. The first-order valence-corrected chi connectivity index (χ1v) is 6.87. The second-order valence-corrected chi connectivity index (χ2v) is 4.45. The van der Waals surface area contributed by atoms with Gasteiger partial charge in [0.2, 0.25) is 0 Å². The molecule has 1 aromatic carbocycles. The second kappa shape index (κ2) is 9.34. The van der Waals surface area contributed by atoms with Crippen LogP contribution in [0.2, 0.25) is 0 Å². The first-order valence-electron chi connectivity index (χ1n) is 6.87. The molecular weight excluding hydrogens is 256 g/mol. The number of carbonyl (C=O) groups excluding carboxylic acids is 1. The Morgan fingerprint density at radius 2 is 2.00 bits per heavy atom. The SMILES string of the molecule is CCC(NC)c1ccc(OCC(=O)NCCOC)cc1. The molecule has 0 aliphatic carbocycles. The maximum absolute atomic E-state index is 11.5. The zero-order chi connectivity index (χ0) is 14.8. The smallest absolute Gasteiger partial charge is 0.258 e. The Balaban J connectivity index is 2.39. The van der Waals surface area contributed by atoms with Crippen LogP contribution in [-0.2, 0) is 9.53 Å². The molecule has 0 heterocycles. The molecule has 5 heteroatoms. The van der Waals surface area contributed by atoms with Crippen LogP contribution in [0.3, 0.4) is 0 Å². The third-order valence-electron chi connectivity index (χ3n) is 3.04. The van der Waals surface area contributed by atoms with Crippen LogP contribution in [0, 0.1) is 0 Å². The van der Waals surface area contributed by atoms with Gasteiger partial charge in [0.1, 0.15) is 5.75 Å². The molecule has 0 radical (unpaired) electrons. The molecule has 20 heavy (non-hydrogen) atoms. The van der Waals surface area contributed by atoms with Crippen LogP contribution in [0.5, 0.6) is 5.75 Å². The quantitative estimate of drug-likeness (QED) is 0.673. The number of benzene rings is 1. The number of amides is 1. The van der Waals surface area contributed by atoms with E-state index in [1.807, 2.05) is 31.3 Å².